The number of hydrogen-bond donors (Lipinski definition) is 1. The summed E-state index contributed by atoms with van der Waals surface area (Å²) >= 11 is 1.47. The van der Waals surface area contributed by atoms with Gasteiger partial charge in [0.25, 0.3) is 5.78 Å². The predicted molar refractivity (Wildman–Crippen MR) is 109 cm³/mol. The minimum atomic E-state index is -0.0272. The molecule has 0 aliphatic carbocycles. The molecule has 8 heteroatoms. The summed E-state index contributed by atoms with van der Waals surface area (Å²) < 4.78 is 7.34. The van der Waals surface area contributed by atoms with Gasteiger partial charge in [-0.3, -0.25) is 4.79 Å². The first-order chi connectivity index (χ1) is 13.6. The number of hydrogen-bond acceptors (Lipinski definition) is 6. The maximum absolute atomic E-state index is 12.3. The lowest BCUT2D eigenvalue weighted by atomic mass is 10.1. The van der Waals surface area contributed by atoms with E-state index in [1.807, 2.05) is 50.4 Å². The van der Waals surface area contributed by atoms with Gasteiger partial charge in [-0.1, -0.05) is 42.1 Å². The summed E-state index contributed by atoms with van der Waals surface area (Å²) in [6, 6.07) is 10.1. The number of benzene rings is 1. The molecule has 3 aromatic rings. The molecule has 0 saturated carbocycles. The van der Waals surface area contributed by atoms with Crippen LogP contribution in [-0.2, 0) is 22.6 Å². The molecule has 0 bridgehead atoms. The highest BCUT2D eigenvalue weighted by molar-refractivity contribution is 7.98. The number of nitrogens with zero attached hydrogens (tertiary/aromatic N) is 4. The summed E-state index contributed by atoms with van der Waals surface area (Å²) in [7, 11) is 0. The molecule has 28 heavy (non-hydrogen) atoms. The summed E-state index contributed by atoms with van der Waals surface area (Å²) in [5.74, 6) is 0.541. The topological polar surface area (TPSA) is 81.4 Å². The van der Waals surface area contributed by atoms with E-state index >= 15 is 0 Å². The van der Waals surface area contributed by atoms with Crippen LogP contribution in [-0.4, -0.2) is 44.9 Å². The van der Waals surface area contributed by atoms with Gasteiger partial charge in [0.1, 0.15) is 0 Å². The van der Waals surface area contributed by atoms with Crippen LogP contribution in [0.3, 0.4) is 0 Å². The van der Waals surface area contributed by atoms with Crippen LogP contribution >= 0.6 is 11.8 Å². The van der Waals surface area contributed by atoms with E-state index in [4.69, 9.17) is 4.74 Å². The molecule has 3 rings (SSSR count). The Morgan fingerprint density at radius 1 is 1.21 bits per heavy atom. The molecule has 0 aliphatic rings. The lowest BCUT2D eigenvalue weighted by Crippen LogP contribution is -2.28. The third-order valence-corrected chi connectivity index (χ3v) is 4.99. The number of carbonyl (C=O) groups excluding carboxylic acids is 1. The van der Waals surface area contributed by atoms with Crippen LogP contribution < -0.4 is 5.32 Å². The molecule has 2 aromatic heterocycles. The van der Waals surface area contributed by atoms with Crippen molar-refractivity contribution in [2.75, 3.05) is 19.4 Å². The van der Waals surface area contributed by atoms with E-state index in [9.17, 15) is 4.79 Å². The third-order valence-electron chi connectivity index (χ3n) is 4.45. The van der Waals surface area contributed by atoms with Gasteiger partial charge in [0.2, 0.25) is 11.1 Å². The van der Waals surface area contributed by atoms with Gasteiger partial charge < -0.3 is 10.1 Å². The Bertz CT molecular complexity index is 943. The predicted octanol–water partition coefficient (Wildman–Crippen LogP) is 2.73. The molecule has 0 spiro atoms. The fourth-order valence-corrected chi connectivity index (χ4v) is 3.26. The van der Waals surface area contributed by atoms with Crippen LogP contribution in [0.25, 0.3) is 5.78 Å². The second kappa shape index (κ2) is 9.66. The number of fused-ring (bicyclic) bond motifs is 1. The number of rotatable bonds is 9. The SMILES string of the molecule is CSc1nc2nc(C)c(CC(=O)NCCCOCc3ccccc3)c(C)n2n1. The van der Waals surface area contributed by atoms with Crippen molar-refractivity contribution in [3.05, 3.63) is 52.8 Å². The van der Waals surface area contributed by atoms with Crippen molar-refractivity contribution in [2.24, 2.45) is 0 Å². The monoisotopic (exact) mass is 399 g/mol. The number of nitrogens with one attached hydrogen (secondary N) is 1. The van der Waals surface area contributed by atoms with Crippen molar-refractivity contribution >= 4 is 23.4 Å². The molecule has 0 saturated heterocycles. The number of amides is 1. The fraction of sp³-hybridized carbons (Fsp3) is 0.400. The molecule has 148 valence electrons. The normalized spacial score (nSPS) is 11.1. The van der Waals surface area contributed by atoms with Gasteiger partial charge >= 0.3 is 0 Å². The third kappa shape index (κ3) is 5.08. The van der Waals surface area contributed by atoms with Crippen molar-refractivity contribution in [2.45, 2.75) is 38.5 Å². The van der Waals surface area contributed by atoms with Gasteiger partial charge in [-0.25, -0.2) is 9.50 Å². The minimum Gasteiger partial charge on any atom is -0.377 e. The molecule has 1 N–H and O–H groups in total. The Hall–Kier alpha value is -2.45. The second-order valence-electron chi connectivity index (χ2n) is 6.49. The zero-order valence-electron chi connectivity index (χ0n) is 16.4. The van der Waals surface area contributed by atoms with Crippen LogP contribution in [0.2, 0.25) is 0 Å². The van der Waals surface area contributed by atoms with E-state index in [2.05, 4.69) is 20.4 Å². The van der Waals surface area contributed by atoms with Crippen LogP contribution in [0, 0.1) is 13.8 Å². The molecular formula is C20H25N5O2S. The highest BCUT2D eigenvalue weighted by atomic mass is 32.2. The highest BCUT2D eigenvalue weighted by Gasteiger charge is 2.15. The van der Waals surface area contributed by atoms with E-state index in [1.54, 1.807) is 4.52 Å². The second-order valence-corrected chi connectivity index (χ2v) is 7.26. The fourth-order valence-electron chi connectivity index (χ4n) is 2.92. The largest absolute Gasteiger partial charge is 0.377 e. The Morgan fingerprint density at radius 3 is 2.75 bits per heavy atom. The zero-order chi connectivity index (χ0) is 19.9. The van der Waals surface area contributed by atoms with E-state index in [-0.39, 0.29) is 12.3 Å². The lowest BCUT2D eigenvalue weighted by Gasteiger charge is -2.11. The van der Waals surface area contributed by atoms with E-state index < -0.39 is 0 Å². The minimum absolute atomic E-state index is 0.0272. The Kier molecular flexibility index (Phi) is 7.00. The van der Waals surface area contributed by atoms with Crippen molar-refractivity contribution in [1.29, 1.82) is 0 Å². The maximum atomic E-state index is 12.3. The lowest BCUT2D eigenvalue weighted by molar-refractivity contribution is -0.120. The van der Waals surface area contributed by atoms with Crippen molar-refractivity contribution in [1.82, 2.24) is 24.9 Å². The zero-order valence-corrected chi connectivity index (χ0v) is 17.3. The summed E-state index contributed by atoms with van der Waals surface area (Å²) in [6.45, 7) is 5.63. The van der Waals surface area contributed by atoms with Gasteiger partial charge in [0.15, 0.2) is 0 Å². The average Bonchev–Trinajstić information content (AvgIpc) is 3.12. The van der Waals surface area contributed by atoms with E-state index in [0.717, 1.165) is 28.9 Å². The molecule has 1 amide bonds. The van der Waals surface area contributed by atoms with Crippen molar-refractivity contribution in [3.63, 3.8) is 0 Å². The van der Waals surface area contributed by atoms with Gasteiger partial charge in [-0.05, 0) is 32.1 Å². The van der Waals surface area contributed by atoms with Gasteiger partial charge in [0.05, 0.1) is 13.0 Å². The summed E-state index contributed by atoms with van der Waals surface area (Å²) in [4.78, 5) is 21.2. The Balaban J connectivity index is 1.47. The molecular weight excluding hydrogens is 374 g/mol. The van der Waals surface area contributed by atoms with Gasteiger partial charge in [-0.15, -0.1) is 5.10 Å². The molecule has 0 aliphatic heterocycles. The molecule has 0 fully saturated rings. The highest BCUT2D eigenvalue weighted by Crippen LogP contribution is 2.17. The molecule has 0 atom stereocenters. The number of aryl methyl sites for hydroxylation is 2. The molecule has 0 unspecified atom stereocenters. The quantitative estimate of drug-likeness (QED) is 0.440. The summed E-state index contributed by atoms with van der Waals surface area (Å²) in [6.07, 6.45) is 2.98. The first-order valence-corrected chi connectivity index (χ1v) is 10.5. The number of thioether (sulfide) groups is 1. The first kappa shape index (κ1) is 20.3. The van der Waals surface area contributed by atoms with Crippen LogP contribution in [0.15, 0.2) is 35.5 Å². The first-order valence-electron chi connectivity index (χ1n) is 9.23. The Morgan fingerprint density at radius 2 is 2.00 bits per heavy atom. The number of aromatic nitrogens is 4. The summed E-state index contributed by atoms with van der Waals surface area (Å²) in [5.41, 5.74) is 3.75. The van der Waals surface area contributed by atoms with Crippen LogP contribution in [0.1, 0.15) is 28.9 Å². The standard InChI is InChI=1S/C20H25N5O2S/c1-14-17(15(2)25-19(22-14)23-20(24-25)28-3)12-18(26)21-10-7-11-27-13-16-8-5-4-6-9-16/h4-6,8-9H,7,10-13H2,1-3H3,(H,21,26). The van der Waals surface area contributed by atoms with Crippen LogP contribution in [0.5, 0.6) is 0 Å². The van der Waals surface area contributed by atoms with Crippen LogP contribution in [0.4, 0.5) is 0 Å². The average molecular weight is 400 g/mol. The van der Waals surface area contributed by atoms with E-state index in [0.29, 0.717) is 30.7 Å². The van der Waals surface area contributed by atoms with Crippen molar-refractivity contribution in [3.8, 4) is 0 Å². The molecule has 0 radical (unpaired) electrons. The molecule has 7 nitrogen and oxygen atoms in total. The number of carbonyl (C=O) groups is 1. The van der Waals surface area contributed by atoms with Gasteiger partial charge in [-0.2, -0.15) is 4.98 Å². The van der Waals surface area contributed by atoms with Crippen molar-refractivity contribution < 1.29 is 9.53 Å². The van der Waals surface area contributed by atoms with E-state index in [1.165, 1.54) is 11.8 Å². The Labute approximate surface area is 168 Å². The summed E-state index contributed by atoms with van der Waals surface area (Å²) in [5, 5.41) is 8.04. The van der Waals surface area contributed by atoms with Gasteiger partial charge in [0, 0.05) is 30.1 Å². The number of ether oxygens (including phenoxy) is 1. The molecule has 1 aromatic carbocycles. The smallest absolute Gasteiger partial charge is 0.253 e. The maximum Gasteiger partial charge on any atom is 0.253 e. The molecule has 2 heterocycles.